The Balaban J connectivity index is 0.000000128. The molecule has 0 saturated carbocycles. The lowest BCUT2D eigenvalue weighted by Gasteiger charge is -2.30. The molecule has 0 atom stereocenters. The molecule has 22 rings (SSSR count). The molecule has 0 fully saturated rings. The minimum absolute atomic E-state index is 0.263. The number of halogens is 3. The van der Waals surface area contributed by atoms with E-state index < -0.39 is 26.8 Å². The van der Waals surface area contributed by atoms with E-state index in [4.69, 9.17) is 8.83 Å². The smallest absolute Gasteiger partial charge is 0.456 e. The van der Waals surface area contributed by atoms with E-state index in [-0.39, 0.29) is 11.0 Å². The first kappa shape index (κ1) is 79.2. The molecular weight excluding hydrogens is 1580 g/mol. The number of anilines is 5. The molecular formula is C115H83F3N2O5S. The maximum Gasteiger partial charge on any atom is 0.534 e. The molecule has 0 amide bonds. The van der Waals surface area contributed by atoms with Crippen LogP contribution in [0.3, 0.4) is 0 Å². The maximum atomic E-state index is 13.1. The summed E-state index contributed by atoms with van der Waals surface area (Å²) < 4.78 is 80.1. The highest BCUT2D eigenvalue weighted by Gasteiger charge is 2.50. The molecule has 0 saturated heterocycles. The van der Waals surface area contributed by atoms with Crippen molar-refractivity contribution in [3.05, 3.63) is 447 Å². The highest BCUT2D eigenvalue weighted by molar-refractivity contribution is 7.88. The molecule has 0 aliphatic heterocycles. The van der Waals surface area contributed by atoms with Gasteiger partial charge in [0.15, 0.2) is 5.75 Å². The van der Waals surface area contributed by atoms with E-state index in [9.17, 15) is 21.6 Å². The zero-order chi connectivity index (χ0) is 85.8. The maximum absolute atomic E-state index is 13.1. The Morgan fingerprint density at radius 1 is 0.294 bits per heavy atom. The normalized spacial score (nSPS) is 12.8. The lowest BCUT2D eigenvalue weighted by Crippen LogP contribution is -2.28. The number of furan rings is 2. The first-order valence-corrected chi connectivity index (χ1v) is 43.6. The van der Waals surface area contributed by atoms with Crippen LogP contribution in [-0.4, -0.2) is 13.9 Å². The molecule has 2 aliphatic rings. The topological polar surface area (TPSA) is 84.9 Å². The summed E-state index contributed by atoms with van der Waals surface area (Å²) in [7, 11) is -5.85. The van der Waals surface area contributed by atoms with E-state index in [1.807, 2.05) is 44.2 Å². The summed E-state index contributed by atoms with van der Waals surface area (Å²) in [5.41, 5.74) is 28.4. The largest absolute Gasteiger partial charge is 0.534 e. The number of fused-ring (bicyclic) bond motifs is 14. The second kappa shape index (κ2) is 32.5. The first-order chi connectivity index (χ1) is 61.4. The Hall–Kier alpha value is -15.3. The van der Waals surface area contributed by atoms with E-state index >= 15 is 0 Å². The Kier molecular flexibility index (Phi) is 20.4. The van der Waals surface area contributed by atoms with E-state index in [1.54, 1.807) is 24.3 Å². The highest BCUT2D eigenvalue weighted by Crippen LogP contribution is 2.60. The second-order valence-corrected chi connectivity index (χ2v) is 34.5. The third-order valence-electron chi connectivity index (χ3n) is 24.6. The molecule has 0 radical (unpaired) electrons. The highest BCUT2D eigenvalue weighted by atomic mass is 32.2. The van der Waals surface area contributed by atoms with Crippen LogP contribution < -0.4 is 14.4 Å². The summed E-state index contributed by atoms with van der Waals surface area (Å²) in [6, 6.07) is 148. The Labute approximate surface area is 730 Å². The average Bonchev–Trinajstić information content (AvgIpc) is 1.54. The first-order valence-electron chi connectivity index (χ1n) is 42.2. The van der Waals surface area contributed by atoms with Crippen molar-refractivity contribution in [2.45, 2.75) is 44.0 Å². The summed E-state index contributed by atoms with van der Waals surface area (Å²) >= 11 is 0. The number of rotatable bonds is 15. The van der Waals surface area contributed by atoms with Gasteiger partial charge in [0.25, 0.3) is 0 Å². The molecule has 2 heterocycles. The Morgan fingerprint density at radius 2 is 0.619 bits per heavy atom. The Morgan fingerprint density at radius 3 is 1.07 bits per heavy atom. The lowest BCUT2D eigenvalue weighted by molar-refractivity contribution is -0.0499. The predicted octanol–water partition coefficient (Wildman–Crippen LogP) is 32.2. The molecule has 0 spiro atoms. The van der Waals surface area contributed by atoms with Gasteiger partial charge in [-0.2, -0.15) is 21.6 Å². The summed E-state index contributed by atoms with van der Waals surface area (Å²) in [6.45, 7) is 8.63. The van der Waals surface area contributed by atoms with Gasteiger partial charge in [-0.15, -0.1) is 0 Å². The van der Waals surface area contributed by atoms with Gasteiger partial charge in [-0.05, 0) is 183 Å². The fourth-order valence-corrected chi connectivity index (χ4v) is 19.0. The molecule has 0 unspecified atom stereocenters. The summed E-state index contributed by atoms with van der Waals surface area (Å²) in [5.74, 6) is -0.396. The molecule has 2 aromatic heterocycles. The van der Waals surface area contributed by atoms with Gasteiger partial charge in [0, 0.05) is 78.4 Å². The second-order valence-electron chi connectivity index (χ2n) is 33.0. The predicted molar refractivity (Wildman–Crippen MR) is 513 cm³/mol. The SMILES string of the molecule is CC1(C)c2ccccc2-c2c(N(c3ccc(-c4ccccc4)cc3)c3ccc(-c4ccc(-c5ccccc5)cc4)c(-c4ccccc4)c3)cc3oc4ccccc4c3c21.CC1(C)c2ccccc2-c2c(OS(=O)(=O)C(F)(F)F)cc3oc4ccccc4c3c21.c1ccc(-c2ccc(Nc3ccc(-c4ccc(-c5ccccc5)cc4)c(-c4ccccc4)c3)cc2)cc1. The van der Waals surface area contributed by atoms with Gasteiger partial charge >= 0.3 is 15.6 Å². The van der Waals surface area contributed by atoms with Crippen molar-refractivity contribution in [1.29, 1.82) is 0 Å². The van der Waals surface area contributed by atoms with Crippen LogP contribution in [-0.2, 0) is 20.9 Å². The van der Waals surface area contributed by atoms with Gasteiger partial charge in [0.1, 0.15) is 22.3 Å². The summed E-state index contributed by atoms with van der Waals surface area (Å²) in [5, 5.41) is 7.48. The van der Waals surface area contributed by atoms with Crippen LogP contribution in [0.4, 0.5) is 41.6 Å². The number of hydrogen-bond donors (Lipinski definition) is 1. The van der Waals surface area contributed by atoms with Crippen molar-refractivity contribution in [3.63, 3.8) is 0 Å². The van der Waals surface area contributed by atoms with Crippen molar-refractivity contribution in [3.8, 4) is 117 Å². The third-order valence-corrected chi connectivity index (χ3v) is 25.5. The van der Waals surface area contributed by atoms with Crippen molar-refractivity contribution in [1.82, 2.24) is 0 Å². The van der Waals surface area contributed by atoms with Crippen LogP contribution in [0.1, 0.15) is 49.9 Å². The molecule has 610 valence electrons. The number of nitrogens with one attached hydrogen (secondary N) is 1. The fourth-order valence-electron chi connectivity index (χ4n) is 18.6. The van der Waals surface area contributed by atoms with E-state index in [2.05, 4.69) is 392 Å². The van der Waals surface area contributed by atoms with Crippen molar-refractivity contribution in [2.24, 2.45) is 0 Å². The van der Waals surface area contributed by atoms with Gasteiger partial charge in [-0.25, -0.2) is 0 Å². The van der Waals surface area contributed by atoms with Crippen LogP contribution in [0.2, 0.25) is 0 Å². The van der Waals surface area contributed by atoms with Gasteiger partial charge in [0.05, 0.1) is 5.69 Å². The lowest BCUT2D eigenvalue weighted by atomic mass is 9.80. The minimum atomic E-state index is -5.85. The molecule has 126 heavy (non-hydrogen) atoms. The summed E-state index contributed by atoms with van der Waals surface area (Å²) in [4.78, 5) is 2.45. The van der Waals surface area contributed by atoms with Crippen LogP contribution in [0.5, 0.6) is 5.75 Å². The number of para-hydroxylation sites is 2. The van der Waals surface area contributed by atoms with Crippen molar-refractivity contribution in [2.75, 3.05) is 10.2 Å². The fraction of sp³-hybridized carbons (Fsp3) is 0.0609. The van der Waals surface area contributed by atoms with Crippen molar-refractivity contribution < 1.29 is 34.6 Å². The average molecular weight is 1660 g/mol. The number of nitrogens with zero attached hydrogens (tertiary/aromatic N) is 1. The quantitative estimate of drug-likeness (QED) is 0.0808. The van der Waals surface area contributed by atoms with Crippen LogP contribution >= 0.6 is 0 Å². The number of hydrogen-bond acceptors (Lipinski definition) is 7. The van der Waals surface area contributed by atoms with Gasteiger partial charge in [-0.1, -0.05) is 380 Å². The molecule has 18 aromatic carbocycles. The molecule has 11 heteroatoms. The Bertz CT molecular complexity index is 7570. The van der Waals surface area contributed by atoms with E-state index in [0.717, 1.165) is 61.3 Å². The molecule has 1 N–H and O–H groups in total. The molecule has 7 nitrogen and oxygen atoms in total. The van der Waals surface area contributed by atoms with Gasteiger partial charge < -0.3 is 23.2 Å². The zero-order valence-corrected chi connectivity index (χ0v) is 70.3. The molecule has 0 bridgehead atoms. The van der Waals surface area contributed by atoms with Crippen LogP contribution in [0.15, 0.2) is 433 Å². The van der Waals surface area contributed by atoms with Crippen LogP contribution in [0.25, 0.3) is 155 Å². The van der Waals surface area contributed by atoms with Gasteiger partial charge in [0.2, 0.25) is 0 Å². The standard InChI is InChI=1S/C57H41NO.C36H27N.C22H15F3O4S/c1-57(2)50-24-14-12-22-47(50)54-51(37-53-55(56(54)57)48-23-13-15-25-52(48)59-53)58(44-32-30-41(31-33-44)39-18-8-4-9-19-39)45-34-35-46(49(36-45)42-20-10-5-11-21-42)43-28-26-40(27-29-43)38-16-6-3-7-17-38;1-4-10-27(11-5-1)29-16-18-32(19-17-29)35-25-24-34(26-36(35)31-14-8-3-9-15-31)37-33-22-20-30(21-23-33)28-12-6-2-7-13-28;1-21(2)14-9-5-3-7-12(14)18-17(29-30(26,27)22(23,24)25)11-16-19(20(18)21)13-8-4-6-10-15(13)28-16/h3-37H,1-2H3;1-26,37H;3-11H,1-2H3. The molecule has 2 aliphatic carbocycles. The van der Waals surface area contributed by atoms with E-state index in [1.165, 1.54) is 123 Å². The number of benzene rings is 18. The van der Waals surface area contributed by atoms with E-state index in [0.29, 0.717) is 22.3 Å². The van der Waals surface area contributed by atoms with Gasteiger partial charge in [-0.3, -0.25) is 0 Å². The zero-order valence-electron chi connectivity index (χ0n) is 69.4. The summed E-state index contributed by atoms with van der Waals surface area (Å²) in [6.07, 6.45) is 0. The number of alkyl halides is 3. The van der Waals surface area contributed by atoms with Crippen molar-refractivity contribution >= 4 is 82.4 Å². The minimum Gasteiger partial charge on any atom is -0.456 e. The van der Waals surface area contributed by atoms with Crippen LogP contribution in [0, 0.1) is 0 Å². The molecule has 20 aromatic rings. The third kappa shape index (κ3) is 14.7. The monoisotopic (exact) mass is 1660 g/mol.